The van der Waals surface area contributed by atoms with Crippen LogP contribution < -0.4 is 4.72 Å². The van der Waals surface area contributed by atoms with Crippen molar-refractivity contribution in [3.8, 4) is 5.69 Å². The third kappa shape index (κ3) is 4.35. The minimum absolute atomic E-state index is 0.277. The van der Waals surface area contributed by atoms with Crippen molar-refractivity contribution < 1.29 is 8.42 Å². The number of anilines is 1. The van der Waals surface area contributed by atoms with Crippen molar-refractivity contribution in [3.05, 3.63) is 78.6 Å². The highest BCUT2D eigenvalue weighted by Gasteiger charge is 2.16. The summed E-state index contributed by atoms with van der Waals surface area (Å²) < 4.78 is 30.1. The molecule has 0 atom stereocenters. The lowest BCUT2D eigenvalue weighted by molar-refractivity contribution is 0.601. The van der Waals surface area contributed by atoms with Crippen LogP contribution >= 0.6 is 0 Å². The Kier molecular flexibility index (Phi) is 5.78. The Morgan fingerprint density at radius 2 is 1.58 bits per heavy atom. The van der Waals surface area contributed by atoms with Gasteiger partial charge in [0.2, 0.25) is 0 Å². The Morgan fingerprint density at radius 3 is 2.27 bits per heavy atom. The molecule has 1 heterocycles. The molecule has 26 heavy (non-hydrogen) atoms. The molecule has 1 N–H and O–H groups in total. The van der Waals surface area contributed by atoms with E-state index in [-0.39, 0.29) is 4.90 Å². The maximum atomic E-state index is 12.8. The first-order valence-corrected chi connectivity index (χ1v) is 10.4. The monoisotopic (exact) mass is 368 g/mol. The molecule has 3 rings (SSSR count). The fourth-order valence-corrected chi connectivity index (χ4v) is 3.97. The van der Waals surface area contributed by atoms with E-state index >= 15 is 0 Å². The van der Waals surface area contributed by atoms with Crippen molar-refractivity contribution >= 4 is 15.7 Å². The van der Waals surface area contributed by atoms with Crippen molar-refractivity contribution in [3.63, 3.8) is 0 Å². The lowest BCUT2D eigenvalue weighted by atomic mass is 10.1. The van der Waals surface area contributed by atoms with Gasteiger partial charge in [-0.2, -0.15) is 0 Å². The molecule has 0 spiro atoms. The molecule has 0 aliphatic carbocycles. The summed E-state index contributed by atoms with van der Waals surface area (Å²) in [6.45, 7) is 2.17. The van der Waals surface area contributed by atoms with Crippen LogP contribution in [0.4, 0.5) is 5.69 Å². The standard InChI is InChI=1S/C21H24N2O2S/c1-2-3-4-9-18-12-14-19(15-13-18)26(24,25)22-20-10-5-6-11-21(20)23-16-7-8-17-23/h5-8,10-17,22H,2-4,9H2,1H3. The fourth-order valence-electron chi connectivity index (χ4n) is 2.90. The SMILES string of the molecule is CCCCCc1ccc(S(=O)(=O)Nc2ccccc2-n2cccc2)cc1. The number of rotatable bonds is 8. The van der Waals surface area contributed by atoms with E-state index in [9.17, 15) is 8.42 Å². The topological polar surface area (TPSA) is 51.1 Å². The van der Waals surface area contributed by atoms with Gasteiger partial charge < -0.3 is 4.57 Å². The summed E-state index contributed by atoms with van der Waals surface area (Å²) in [7, 11) is -3.63. The molecule has 3 aromatic rings. The number of hydrogen-bond acceptors (Lipinski definition) is 2. The van der Waals surface area contributed by atoms with Crippen LogP contribution in [0.15, 0.2) is 78.0 Å². The third-order valence-corrected chi connectivity index (χ3v) is 5.72. The van der Waals surface area contributed by atoms with Crippen molar-refractivity contribution in [1.82, 2.24) is 4.57 Å². The third-order valence-electron chi connectivity index (χ3n) is 4.33. The van der Waals surface area contributed by atoms with Gasteiger partial charge in [-0.05, 0) is 54.8 Å². The van der Waals surface area contributed by atoms with Gasteiger partial charge in [-0.3, -0.25) is 4.72 Å². The molecule has 0 fully saturated rings. The zero-order valence-corrected chi connectivity index (χ0v) is 15.7. The number of sulfonamides is 1. The van der Waals surface area contributed by atoms with Gasteiger partial charge in [0.05, 0.1) is 16.3 Å². The molecule has 0 aliphatic heterocycles. The molecular weight excluding hydrogens is 344 g/mol. The summed E-state index contributed by atoms with van der Waals surface area (Å²) in [5.41, 5.74) is 2.51. The summed E-state index contributed by atoms with van der Waals surface area (Å²) in [6, 6.07) is 18.3. The van der Waals surface area contributed by atoms with Crippen molar-refractivity contribution in [1.29, 1.82) is 0 Å². The number of aromatic nitrogens is 1. The minimum Gasteiger partial charge on any atom is -0.322 e. The van der Waals surface area contributed by atoms with Crippen LogP contribution in [0.2, 0.25) is 0 Å². The first-order valence-electron chi connectivity index (χ1n) is 8.94. The van der Waals surface area contributed by atoms with Gasteiger partial charge in [0.1, 0.15) is 0 Å². The number of nitrogens with one attached hydrogen (secondary N) is 1. The smallest absolute Gasteiger partial charge is 0.261 e. The van der Waals surface area contributed by atoms with E-state index < -0.39 is 10.0 Å². The molecule has 0 saturated heterocycles. The van der Waals surface area contributed by atoms with Gasteiger partial charge >= 0.3 is 0 Å². The average Bonchev–Trinajstić information content (AvgIpc) is 3.17. The fraction of sp³-hybridized carbons (Fsp3) is 0.238. The highest BCUT2D eigenvalue weighted by Crippen LogP contribution is 2.24. The molecule has 0 saturated carbocycles. The van der Waals surface area contributed by atoms with E-state index in [1.54, 1.807) is 18.2 Å². The number of hydrogen-bond donors (Lipinski definition) is 1. The Morgan fingerprint density at radius 1 is 0.885 bits per heavy atom. The van der Waals surface area contributed by atoms with E-state index in [2.05, 4.69) is 11.6 Å². The van der Waals surface area contributed by atoms with Crippen LogP contribution in [0.3, 0.4) is 0 Å². The summed E-state index contributed by atoms with van der Waals surface area (Å²) in [5.74, 6) is 0. The molecule has 4 nitrogen and oxygen atoms in total. The zero-order chi connectivity index (χ0) is 18.4. The van der Waals surface area contributed by atoms with Gasteiger partial charge in [0, 0.05) is 12.4 Å². The number of aryl methyl sites for hydroxylation is 1. The highest BCUT2D eigenvalue weighted by atomic mass is 32.2. The summed E-state index contributed by atoms with van der Waals surface area (Å²) in [4.78, 5) is 0.277. The highest BCUT2D eigenvalue weighted by molar-refractivity contribution is 7.92. The maximum Gasteiger partial charge on any atom is 0.261 e. The second-order valence-corrected chi connectivity index (χ2v) is 8.00. The molecule has 2 aromatic carbocycles. The molecule has 0 radical (unpaired) electrons. The molecule has 0 bridgehead atoms. The van der Waals surface area contributed by atoms with E-state index in [0.717, 1.165) is 18.5 Å². The van der Waals surface area contributed by atoms with Crippen molar-refractivity contribution in [2.75, 3.05) is 4.72 Å². The first-order chi connectivity index (χ1) is 12.6. The lowest BCUT2D eigenvalue weighted by Gasteiger charge is -2.13. The summed E-state index contributed by atoms with van der Waals surface area (Å²) in [5, 5.41) is 0. The van der Waals surface area contributed by atoms with Crippen LogP contribution in [0, 0.1) is 0 Å². The van der Waals surface area contributed by atoms with Crippen LogP contribution in [0.25, 0.3) is 5.69 Å². The molecule has 0 unspecified atom stereocenters. The minimum atomic E-state index is -3.63. The number of benzene rings is 2. The molecule has 0 amide bonds. The van der Waals surface area contributed by atoms with Gasteiger partial charge in [-0.25, -0.2) is 8.42 Å². The average molecular weight is 369 g/mol. The summed E-state index contributed by atoms with van der Waals surface area (Å²) in [6.07, 6.45) is 8.26. The van der Waals surface area contributed by atoms with Crippen molar-refractivity contribution in [2.45, 2.75) is 37.5 Å². The number of unbranched alkanes of at least 4 members (excludes halogenated alkanes) is 2. The molecular formula is C21H24N2O2S. The predicted octanol–water partition coefficient (Wildman–Crippen LogP) is 5.01. The van der Waals surface area contributed by atoms with Crippen LogP contribution in [-0.2, 0) is 16.4 Å². The van der Waals surface area contributed by atoms with E-state index in [4.69, 9.17) is 0 Å². The Labute approximate surface area is 155 Å². The largest absolute Gasteiger partial charge is 0.322 e. The van der Waals surface area contributed by atoms with Gasteiger partial charge in [0.15, 0.2) is 0 Å². The van der Waals surface area contributed by atoms with Gasteiger partial charge in [0.25, 0.3) is 10.0 Å². The Bertz CT molecular complexity index is 930. The normalized spacial score (nSPS) is 11.4. The van der Waals surface area contributed by atoms with Crippen LogP contribution in [0.5, 0.6) is 0 Å². The van der Waals surface area contributed by atoms with Gasteiger partial charge in [-0.15, -0.1) is 0 Å². The first kappa shape index (κ1) is 18.3. The van der Waals surface area contributed by atoms with Gasteiger partial charge in [-0.1, -0.05) is 44.0 Å². The molecule has 1 aromatic heterocycles. The Balaban J connectivity index is 1.80. The van der Waals surface area contributed by atoms with E-state index in [0.29, 0.717) is 5.69 Å². The Hall–Kier alpha value is -2.53. The molecule has 0 aliphatic rings. The lowest BCUT2D eigenvalue weighted by Crippen LogP contribution is -2.14. The zero-order valence-electron chi connectivity index (χ0n) is 14.9. The summed E-state index contributed by atoms with van der Waals surface area (Å²) >= 11 is 0. The van der Waals surface area contributed by atoms with E-state index in [1.165, 1.54) is 18.4 Å². The molecule has 5 heteroatoms. The van der Waals surface area contributed by atoms with Crippen LogP contribution in [0.1, 0.15) is 31.7 Å². The number of para-hydroxylation sites is 2. The predicted molar refractivity (Wildman–Crippen MR) is 106 cm³/mol. The van der Waals surface area contributed by atoms with Crippen molar-refractivity contribution in [2.24, 2.45) is 0 Å². The quantitative estimate of drug-likeness (QED) is 0.568. The second-order valence-electron chi connectivity index (χ2n) is 6.31. The second kappa shape index (κ2) is 8.23. The molecule has 136 valence electrons. The number of nitrogens with zero attached hydrogens (tertiary/aromatic N) is 1. The maximum absolute atomic E-state index is 12.8. The van der Waals surface area contributed by atoms with E-state index in [1.807, 2.05) is 59.4 Å². The van der Waals surface area contributed by atoms with Crippen LogP contribution in [-0.4, -0.2) is 13.0 Å².